The fourth-order valence-corrected chi connectivity index (χ4v) is 6.56. The average Bonchev–Trinajstić information content (AvgIpc) is 3.81. The Morgan fingerprint density at radius 3 is 1.00 bits per heavy atom. The van der Waals surface area contributed by atoms with Crippen LogP contribution < -0.4 is 10.2 Å². The molecule has 0 unspecified atom stereocenters. The summed E-state index contributed by atoms with van der Waals surface area (Å²) in [6, 6.07) is 17.1. The Morgan fingerprint density at radius 2 is 0.772 bits per heavy atom. The Morgan fingerprint density at radius 1 is 0.474 bits per heavy atom. The van der Waals surface area contributed by atoms with Gasteiger partial charge in [-0.1, -0.05) is 18.2 Å². The van der Waals surface area contributed by atoms with E-state index in [1.807, 2.05) is 54.6 Å². The molecule has 6 fully saturated rings. The molecule has 9 rings (SSSR count). The molecular formula is C39H49CuN3O14. The third-order valence-corrected chi connectivity index (χ3v) is 8.65. The average molecular weight is 847 g/mol. The molecular weight excluding hydrogens is 798 g/mol. The van der Waals surface area contributed by atoms with E-state index in [0.29, 0.717) is 0 Å². The first-order valence-electron chi connectivity index (χ1n) is 18.0. The van der Waals surface area contributed by atoms with Gasteiger partial charge in [0, 0.05) is 37.2 Å². The number of hydrogen-bond donors (Lipinski definition) is 0. The maximum absolute atomic E-state index is 11.5. The third kappa shape index (κ3) is 11.4. The molecule has 57 heavy (non-hydrogen) atoms. The second-order valence-electron chi connectivity index (χ2n) is 15.0. The van der Waals surface area contributed by atoms with Gasteiger partial charge in [0.1, 0.15) is 48.6 Å². The quantitative estimate of drug-likeness (QED) is 0.335. The Hall–Kier alpha value is -3.49. The summed E-state index contributed by atoms with van der Waals surface area (Å²) in [4.78, 5) is 34.3. The minimum Gasteiger partial charge on any atom is -0.544 e. The van der Waals surface area contributed by atoms with E-state index in [4.69, 9.17) is 47.4 Å². The van der Waals surface area contributed by atoms with E-state index >= 15 is 0 Å². The molecule has 0 aromatic carbocycles. The molecule has 3 aromatic rings. The first-order valence-corrected chi connectivity index (χ1v) is 18.0. The summed E-state index contributed by atoms with van der Waals surface area (Å²) in [5.41, 5.74) is 0. The predicted octanol–water partition coefficient (Wildman–Crippen LogP) is 1.51. The van der Waals surface area contributed by atoms with E-state index in [1.54, 1.807) is 92.6 Å². The number of aliphatic carboxylic acids is 2. The number of ether oxygens (including phenoxy) is 10. The molecule has 17 nitrogen and oxygen atoms in total. The van der Waals surface area contributed by atoms with Crippen LogP contribution in [0.4, 0.5) is 0 Å². The van der Waals surface area contributed by atoms with Crippen LogP contribution in [-0.4, -0.2) is 111 Å². The minimum absolute atomic E-state index is 0. The predicted molar refractivity (Wildman–Crippen MR) is 188 cm³/mol. The van der Waals surface area contributed by atoms with Gasteiger partial charge >= 0.3 is 17.1 Å². The SMILES string of the molecule is CC1(C)OC[C@@H]2O[C@@]3(C(=O)[O-])OC(C)(C)O[C@H]3[C@@H]2O1.CC1(C)OC[C@@H]2O[C@@]3(C(=O)[O-])OC(C)(C)O[C@H]3[C@@H]2O1.[Cu+2].c1ccncc1.c1ccncc1.c1ccncc1. The normalized spacial score (nSPS) is 33.6. The van der Waals surface area contributed by atoms with Crippen LogP contribution in [0.2, 0.25) is 0 Å². The number of carboxylic acids is 2. The number of carboxylic acid groups (broad SMARTS) is 2. The molecule has 0 saturated carbocycles. The molecule has 3 aromatic heterocycles. The molecule has 9 heterocycles. The maximum Gasteiger partial charge on any atom is 2.00 e. The van der Waals surface area contributed by atoms with Gasteiger partial charge in [0.15, 0.2) is 23.1 Å². The van der Waals surface area contributed by atoms with Crippen LogP contribution in [0, 0.1) is 0 Å². The maximum atomic E-state index is 11.5. The molecule has 1 radical (unpaired) electrons. The van der Waals surface area contributed by atoms with E-state index in [1.165, 1.54) is 0 Å². The van der Waals surface area contributed by atoms with Crippen LogP contribution in [0.5, 0.6) is 0 Å². The van der Waals surface area contributed by atoms with Crippen molar-refractivity contribution in [3.8, 4) is 0 Å². The Bertz CT molecular complexity index is 1480. The van der Waals surface area contributed by atoms with Gasteiger partial charge in [-0.15, -0.1) is 0 Å². The molecule has 18 heteroatoms. The van der Waals surface area contributed by atoms with Crippen LogP contribution >= 0.6 is 0 Å². The molecule has 6 aliphatic heterocycles. The van der Waals surface area contributed by atoms with Crippen LogP contribution in [0.3, 0.4) is 0 Å². The summed E-state index contributed by atoms with van der Waals surface area (Å²) in [6.07, 6.45) is 6.52. The zero-order chi connectivity index (χ0) is 40.8. The molecule has 0 bridgehead atoms. The molecule has 6 saturated heterocycles. The molecule has 0 spiro atoms. The minimum atomic E-state index is -1.93. The molecule has 6 aliphatic rings. The summed E-state index contributed by atoms with van der Waals surface area (Å²) in [5.74, 6) is -10.5. The second-order valence-corrected chi connectivity index (χ2v) is 15.0. The molecule has 0 amide bonds. The Labute approximate surface area is 342 Å². The van der Waals surface area contributed by atoms with Gasteiger partial charge < -0.3 is 67.2 Å². The summed E-state index contributed by atoms with van der Waals surface area (Å²) in [7, 11) is 0. The van der Waals surface area contributed by atoms with Crippen LogP contribution in [0.25, 0.3) is 0 Å². The van der Waals surface area contributed by atoms with Crippen molar-refractivity contribution in [2.75, 3.05) is 13.2 Å². The fourth-order valence-electron chi connectivity index (χ4n) is 6.56. The van der Waals surface area contributed by atoms with E-state index in [9.17, 15) is 19.8 Å². The Balaban J connectivity index is 0.000000175. The van der Waals surface area contributed by atoms with Gasteiger partial charge in [-0.25, -0.2) is 0 Å². The van der Waals surface area contributed by atoms with E-state index < -0.39 is 83.3 Å². The van der Waals surface area contributed by atoms with Gasteiger partial charge in [-0.2, -0.15) is 0 Å². The summed E-state index contributed by atoms with van der Waals surface area (Å²) >= 11 is 0. The first-order chi connectivity index (χ1) is 26.3. The van der Waals surface area contributed by atoms with Crippen molar-refractivity contribution in [2.24, 2.45) is 0 Å². The number of rotatable bonds is 2. The molecule has 315 valence electrons. The molecule has 0 aliphatic carbocycles. The summed E-state index contributed by atoms with van der Waals surface area (Å²) in [5, 5.41) is 22.9. The van der Waals surface area contributed by atoms with Crippen LogP contribution in [0.1, 0.15) is 55.4 Å². The Kier molecular flexibility index (Phi) is 15.1. The summed E-state index contributed by atoms with van der Waals surface area (Å²) in [6.45, 7) is 13.9. The second kappa shape index (κ2) is 18.6. The number of carbonyl (C=O) groups excluding carboxylic acids is 2. The van der Waals surface area contributed by atoms with Gasteiger partial charge in [0.25, 0.3) is 0 Å². The van der Waals surface area contributed by atoms with Crippen molar-refractivity contribution < 1.29 is 84.2 Å². The monoisotopic (exact) mass is 846 g/mol. The largest absolute Gasteiger partial charge is 2.00 e. The van der Waals surface area contributed by atoms with Crippen molar-refractivity contribution >= 4 is 11.9 Å². The van der Waals surface area contributed by atoms with Crippen molar-refractivity contribution in [3.05, 3.63) is 91.8 Å². The fraction of sp³-hybridized carbons (Fsp3) is 0.564. The topological polar surface area (TPSA) is 211 Å². The van der Waals surface area contributed by atoms with E-state index in [0.717, 1.165) is 0 Å². The van der Waals surface area contributed by atoms with Crippen LogP contribution in [-0.2, 0) is 74.0 Å². The van der Waals surface area contributed by atoms with Crippen molar-refractivity contribution in [1.29, 1.82) is 0 Å². The third-order valence-electron chi connectivity index (χ3n) is 8.65. The number of fused-ring (bicyclic) bond motifs is 6. The van der Waals surface area contributed by atoms with Crippen LogP contribution in [0.15, 0.2) is 91.8 Å². The first kappa shape index (κ1) is 46.2. The van der Waals surface area contributed by atoms with Crippen molar-refractivity contribution in [3.63, 3.8) is 0 Å². The number of nitrogens with zero attached hydrogens (tertiary/aromatic N) is 3. The molecule has 0 N–H and O–H groups in total. The zero-order valence-corrected chi connectivity index (χ0v) is 33.8. The zero-order valence-electron chi connectivity index (χ0n) is 32.9. The van der Waals surface area contributed by atoms with E-state index in [-0.39, 0.29) is 30.3 Å². The summed E-state index contributed by atoms with van der Waals surface area (Å²) < 4.78 is 55.6. The number of hydrogen-bond acceptors (Lipinski definition) is 17. The van der Waals surface area contributed by atoms with Gasteiger partial charge in [-0.3, -0.25) is 15.0 Å². The standard InChI is InChI=1S/2C12H18O7.3C5H5N.Cu/c2*1-10(2)15-5-6-7(17-10)8-12(16-6,9(13)14)19-11(3,4)18-8;3*1-2-4-6-5-3-1;/h2*6-8H,5H2,1-4H3,(H,13,14);3*1-5H;/q;;;;;+2/p-2/t2*6-,7+,8-,12+;;;;/m00..../s1. The van der Waals surface area contributed by atoms with Gasteiger partial charge in [0.05, 0.1) is 13.2 Å². The molecule has 8 atom stereocenters. The van der Waals surface area contributed by atoms with Crippen molar-refractivity contribution in [1.82, 2.24) is 15.0 Å². The van der Waals surface area contributed by atoms with Gasteiger partial charge in [0.2, 0.25) is 11.6 Å². The van der Waals surface area contributed by atoms with E-state index in [2.05, 4.69) is 15.0 Å². The number of carbonyl (C=O) groups is 2. The van der Waals surface area contributed by atoms with Gasteiger partial charge in [-0.05, 0) is 91.8 Å². The van der Waals surface area contributed by atoms with Crippen molar-refractivity contribution in [2.45, 2.75) is 127 Å². The smallest absolute Gasteiger partial charge is 0.544 e. The number of aromatic nitrogens is 3. The number of pyridine rings is 3.